The van der Waals surface area contributed by atoms with Crippen molar-refractivity contribution in [3.05, 3.63) is 0 Å². The first-order chi connectivity index (χ1) is 4.61. The van der Waals surface area contributed by atoms with Crippen molar-refractivity contribution in [2.75, 3.05) is 11.5 Å². The molecular weight excluding hydrogens is 142 g/mol. The molecular formula is C8H17NS. The molecule has 2 heteroatoms. The van der Waals surface area contributed by atoms with E-state index in [-0.39, 0.29) is 5.54 Å². The zero-order valence-corrected chi connectivity index (χ0v) is 7.71. The molecule has 0 bridgehead atoms. The van der Waals surface area contributed by atoms with Crippen LogP contribution >= 0.6 is 11.8 Å². The highest BCUT2D eigenvalue weighted by Crippen LogP contribution is 2.29. The molecule has 0 aromatic carbocycles. The van der Waals surface area contributed by atoms with Crippen LogP contribution in [0.5, 0.6) is 0 Å². The molecule has 1 atom stereocenters. The van der Waals surface area contributed by atoms with E-state index in [9.17, 15) is 0 Å². The minimum atomic E-state index is 0.0490. The maximum absolute atomic E-state index is 6.00. The Balaban J connectivity index is 2.39. The largest absolute Gasteiger partial charge is 0.325 e. The lowest BCUT2D eigenvalue weighted by Gasteiger charge is -2.33. The standard InChI is InChI=1S/C8H17NS/c1-8(2,9)7-4-3-5-10-6-7/h7H,3-6,9H2,1-2H3. The van der Waals surface area contributed by atoms with Gasteiger partial charge in [0, 0.05) is 5.54 Å². The fraction of sp³-hybridized carbons (Fsp3) is 1.00. The van der Waals surface area contributed by atoms with Crippen LogP contribution in [0.1, 0.15) is 26.7 Å². The molecule has 1 rings (SSSR count). The normalized spacial score (nSPS) is 28.5. The molecule has 1 nitrogen and oxygen atoms in total. The minimum absolute atomic E-state index is 0.0490. The van der Waals surface area contributed by atoms with Gasteiger partial charge in [-0.05, 0) is 44.1 Å². The van der Waals surface area contributed by atoms with Gasteiger partial charge in [-0.3, -0.25) is 0 Å². The maximum atomic E-state index is 6.00. The molecule has 1 heterocycles. The Morgan fingerprint density at radius 1 is 1.50 bits per heavy atom. The summed E-state index contributed by atoms with van der Waals surface area (Å²) >= 11 is 2.05. The topological polar surface area (TPSA) is 26.0 Å². The van der Waals surface area contributed by atoms with Crippen LogP contribution in [0.3, 0.4) is 0 Å². The van der Waals surface area contributed by atoms with Crippen molar-refractivity contribution in [2.24, 2.45) is 11.7 Å². The molecule has 0 spiro atoms. The third-order valence-corrected chi connectivity index (χ3v) is 3.43. The summed E-state index contributed by atoms with van der Waals surface area (Å²) in [5.41, 5.74) is 6.05. The van der Waals surface area contributed by atoms with Crippen LogP contribution in [-0.4, -0.2) is 17.0 Å². The summed E-state index contributed by atoms with van der Waals surface area (Å²) in [4.78, 5) is 0. The molecule has 1 unspecified atom stereocenters. The van der Waals surface area contributed by atoms with Crippen LogP contribution in [0.4, 0.5) is 0 Å². The first-order valence-electron chi connectivity index (χ1n) is 3.97. The molecule has 60 valence electrons. The quantitative estimate of drug-likeness (QED) is 0.632. The van der Waals surface area contributed by atoms with E-state index in [1.54, 1.807) is 0 Å². The monoisotopic (exact) mass is 159 g/mol. The number of rotatable bonds is 1. The Labute approximate surface area is 67.8 Å². The Morgan fingerprint density at radius 2 is 2.20 bits per heavy atom. The van der Waals surface area contributed by atoms with Gasteiger partial charge in [0.2, 0.25) is 0 Å². The molecule has 10 heavy (non-hydrogen) atoms. The summed E-state index contributed by atoms with van der Waals surface area (Å²) in [5.74, 6) is 3.35. The maximum Gasteiger partial charge on any atom is 0.0133 e. The summed E-state index contributed by atoms with van der Waals surface area (Å²) in [5, 5.41) is 0. The molecule has 1 aliphatic heterocycles. The van der Waals surface area contributed by atoms with E-state index in [0.717, 1.165) is 5.92 Å². The van der Waals surface area contributed by atoms with Gasteiger partial charge in [0.1, 0.15) is 0 Å². The van der Waals surface area contributed by atoms with Crippen LogP contribution in [0.25, 0.3) is 0 Å². The molecule has 0 saturated carbocycles. The second-order valence-electron chi connectivity index (χ2n) is 3.74. The van der Waals surface area contributed by atoms with Crippen molar-refractivity contribution in [1.29, 1.82) is 0 Å². The molecule has 1 aliphatic rings. The average Bonchev–Trinajstić information content (AvgIpc) is 1.88. The van der Waals surface area contributed by atoms with Crippen molar-refractivity contribution in [3.8, 4) is 0 Å². The predicted molar refractivity (Wildman–Crippen MR) is 48.3 cm³/mol. The van der Waals surface area contributed by atoms with E-state index < -0.39 is 0 Å². The van der Waals surface area contributed by atoms with Crippen LogP contribution in [0, 0.1) is 5.92 Å². The molecule has 0 aromatic rings. The molecule has 2 N–H and O–H groups in total. The van der Waals surface area contributed by atoms with Gasteiger partial charge in [0.15, 0.2) is 0 Å². The third kappa shape index (κ3) is 2.17. The zero-order valence-electron chi connectivity index (χ0n) is 6.89. The second kappa shape index (κ2) is 3.14. The first-order valence-corrected chi connectivity index (χ1v) is 5.13. The van der Waals surface area contributed by atoms with E-state index in [1.165, 1.54) is 24.3 Å². The van der Waals surface area contributed by atoms with Gasteiger partial charge in [0.05, 0.1) is 0 Å². The van der Waals surface area contributed by atoms with Crippen LogP contribution in [-0.2, 0) is 0 Å². The van der Waals surface area contributed by atoms with Gasteiger partial charge in [-0.15, -0.1) is 0 Å². The van der Waals surface area contributed by atoms with Gasteiger partial charge in [-0.2, -0.15) is 11.8 Å². The molecule has 1 fully saturated rings. The van der Waals surface area contributed by atoms with Crippen molar-refractivity contribution < 1.29 is 0 Å². The van der Waals surface area contributed by atoms with Crippen molar-refractivity contribution >= 4 is 11.8 Å². The fourth-order valence-corrected chi connectivity index (χ4v) is 2.75. The zero-order chi connectivity index (χ0) is 7.61. The average molecular weight is 159 g/mol. The van der Waals surface area contributed by atoms with Gasteiger partial charge < -0.3 is 5.73 Å². The minimum Gasteiger partial charge on any atom is -0.325 e. The molecule has 0 aliphatic carbocycles. The lowest BCUT2D eigenvalue weighted by Crippen LogP contribution is -2.43. The highest BCUT2D eigenvalue weighted by molar-refractivity contribution is 7.99. The van der Waals surface area contributed by atoms with Gasteiger partial charge in [-0.25, -0.2) is 0 Å². The third-order valence-electron chi connectivity index (χ3n) is 2.21. The van der Waals surface area contributed by atoms with E-state index in [2.05, 4.69) is 13.8 Å². The van der Waals surface area contributed by atoms with Crippen molar-refractivity contribution in [1.82, 2.24) is 0 Å². The molecule has 1 saturated heterocycles. The second-order valence-corrected chi connectivity index (χ2v) is 4.89. The molecule has 0 amide bonds. The summed E-state index contributed by atoms with van der Waals surface area (Å²) < 4.78 is 0. The lowest BCUT2D eigenvalue weighted by atomic mass is 9.86. The summed E-state index contributed by atoms with van der Waals surface area (Å²) in [7, 11) is 0. The Hall–Kier alpha value is 0.310. The number of thioether (sulfide) groups is 1. The molecule has 0 aromatic heterocycles. The highest BCUT2D eigenvalue weighted by atomic mass is 32.2. The Morgan fingerprint density at radius 3 is 2.50 bits per heavy atom. The first kappa shape index (κ1) is 8.41. The number of nitrogens with two attached hydrogens (primary N) is 1. The summed E-state index contributed by atoms with van der Waals surface area (Å²) in [6, 6.07) is 0. The van der Waals surface area contributed by atoms with Crippen molar-refractivity contribution in [3.63, 3.8) is 0 Å². The summed E-state index contributed by atoms with van der Waals surface area (Å²) in [6.07, 6.45) is 2.69. The van der Waals surface area contributed by atoms with E-state index in [1.807, 2.05) is 11.8 Å². The van der Waals surface area contributed by atoms with Crippen LogP contribution in [0.15, 0.2) is 0 Å². The SMILES string of the molecule is CC(C)(N)C1CCCSC1. The Kier molecular flexibility index (Phi) is 2.64. The summed E-state index contributed by atoms with van der Waals surface area (Å²) in [6.45, 7) is 4.28. The predicted octanol–water partition coefficient (Wildman–Crippen LogP) is 1.87. The Bertz CT molecular complexity index is 100. The number of hydrogen-bond donors (Lipinski definition) is 1. The van der Waals surface area contributed by atoms with Gasteiger partial charge in [0.25, 0.3) is 0 Å². The molecule has 0 radical (unpaired) electrons. The van der Waals surface area contributed by atoms with E-state index in [4.69, 9.17) is 5.73 Å². The van der Waals surface area contributed by atoms with Crippen LogP contribution < -0.4 is 5.73 Å². The number of hydrogen-bond acceptors (Lipinski definition) is 2. The van der Waals surface area contributed by atoms with Gasteiger partial charge in [-0.1, -0.05) is 0 Å². The lowest BCUT2D eigenvalue weighted by molar-refractivity contribution is 0.326. The highest BCUT2D eigenvalue weighted by Gasteiger charge is 2.26. The van der Waals surface area contributed by atoms with E-state index in [0.29, 0.717) is 0 Å². The van der Waals surface area contributed by atoms with Gasteiger partial charge >= 0.3 is 0 Å². The smallest absolute Gasteiger partial charge is 0.0133 e. The van der Waals surface area contributed by atoms with Crippen LogP contribution in [0.2, 0.25) is 0 Å². The van der Waals surface area contributed by atoms with E-state index >= 15 is 0 Å². The van der Waals surface area contributed by atoms with Crippen molar-refractivity contribution in [2.45, 2.75) is 32.2 Å². The fourth-order valence-electron chi connectivity index (χ4n) is 1.33.